The Morgan fingerprint density at radius 2 is 1.90 bits per heavy atom. The average Bonchev–Trinajstić information content (AvgIpc) is 2.87. The summed E-state index contributed by atoms with van der Waals surface area (Å²) in [5.41, 5.74) is 0. The fourth-order valence-electron chi connectivity index (χ4n) is 1.89. The zero-order valence-electron chi connectivity index (χ0n) is 12.5. The number of thiophene rings is 1. The Bertz CT molecular complexity index is 549. The first-order valence-electron chi connectivity index (χ1n) is 7.15. The number of carbonyl (C=O) groups is 1. The van der Waals surface area contributed by atoms with Gasteiger partial charge in [0.1, 0.15) is 9.09 Å². The largest absolute Gasteiger partial charge is 0.477 e. The van der Waals surface area contributed by atoms with Crippen LogP contribution in [0.3, 0.4) is 0 Å². The molecule has 0 atom stereocenters. The predicted octanol–water partition coefficient (Wildman–Crippen LogP) is 3.33. The maximum atomic E-state index is 12.0. The molecule has 1 rings (SSSR count). The number of sulfonamides is 1. The SMILES string of the molecule is CC(C)CCCCCCNS(=O)(=O)c1ccc(C(=O)O)s1. The van der Waals surface area contributed by atoms with Crippen LogP contribution in [-0.2, 0) is 10.0 Å². The molecule has 0 bridgehead atoms. The summed E-state index contributed by atoms with van der Waals surface area (Å²) in [5.74, 6) is -0.391. The van der Waals surface area contributed by atoms with E-state index in [-0.39, 0.29) is 9.09 Å². The first-order valence-corrected chi connectivity index (χ1v) is 9.45. The molecule has 7 heteroatoms. The van der Waals surface area contributed by atoms with E-state index in [9.17, 15) is 13.2 Å². The topological polar surface area (TPSA) is 83.5 Å². The van der Waals surface area contributed by atoms with Crippen LogP contribution in [0.1, 0.15) is 55.6 Å². The van der Waals surface area contributed by atoms with Crippen LogP contribution >= 0.6 is 11.3 Å². The van der Waals surface area contributed by atoms with Crippen molar-refractivity contribution in [2.75, 3.05) is 6.54 Å². The lowest BCUT2D eigenvalue weighted by Crippen LogP contribution is -2.23. The molecule has 120 valence electrons. The molecular weight excluding hydrogens is 310 g/mol. The minimum absolute atomic E-state index is 0.0315. The molecule has 0 fully saturated rings. The van der Waals surface area contributed by atoms with Gasteiger partial charge in [-0.25, -0.2) is 17.9 Å². The summed E-state index contributed by atoms with van der Waals surface area (Å²) in [5, 5.41) is 8.79. The number of aromatic carboxylic acids is 1. The Morgan fingerprint density at radius 1 is 1.24 bits per heavy atom. The Hall–Kier alpha value is -0.920. The van der Waals surface area contributed by atoms with Crippen LogP contribution in [0.2, 0.25) is 0 Å². The third-order valence-corrected chi connectivity index (χ3v) is 6.08. The quantitative estimate of drug-likeness (QED) is 0.643. The van der Waals surface area contributed by atoms with Crippen molar-refractivity contribution in [1.29, 1.82) is 0 Å². The minimum atomic E-state index is -3.57. The van der Waals surface area contributed by atoms with E-state index in [0.29, 0.717) is 12.5 Å². The van der Waals surface area contributed by atoms with Crippen molar-refractivity contribution >= 4 is 27.3 Å². The monoisotopic (exact) mass is 333 g/mol. The Balaban J connectivity index is 2.31. The molecule has 1 aromatic rings. The predicted molar refractivity (Wildman–Crippen MR) is 84.4 cm³/mol. The van der Waals surface area contributed by atoms with Crippen LogP contribution in [0.15, 0.2) is 16.3 Å². The molecule has 0 saturated carbocycles. The van der Waals surface area contributed by atoms with Gasteiger partial charge in [-0.1, -0.05) is 39.5 Å². The van der Waals surface area contributed by atoms with Gasteiger partial charge in [0.2, 0.25) is 10.0 Å². The van der Waals surface area contributed by atoms with Crippen LogP contribution in [0, 0.1) is 5.92 Å². The van der Waals surface area contributed by atoms with E-state index in [2.05, 4.69) is 18.6 Å². The van der Waals surface area contributed by atoms with E-state index in [1.807, 2.05) is 0 Å². The van der Waals surface area contributed by atoms with Crippen molar-refractivity contribution in [2.24, 2.45) is 5.92 Å². The molecule has 0 amide bonds. The summed E-state index contributed by atoms with van der Waals surface area (Å²) in [6, 6.07) is 2.65. The highest BCUT2D eigenvalue weighted by Gasteiger charge is 2.18. The standard InChI is InChI=1S/C14H23NO4S2/c1-11(2)7-5-3-4-6-10-15-21(18,19)13-9-8-12(20-13)14(16)17/h8-9,11,15H,3-7,10H2,1-2H3,(H,16,17). The molecule has 0 unspecified atom stereocenters. The number of hydrogen-bond acceptors (Lipinski definition) is 4. The fourth-order valence-corrected chi connectivity index (χ4v) is 4.15. The van der Waals surface area contributed by atoms with Gasteiger partial charge < -0.3 is 5.11 Å². The first kappa shape index (κ1) is 18.1. The maximum Gasteiger partial charge on any atom is 0.345 e. The van der Waals surface area contributed by atoms with E-state index in [1.54, 1.807) is 0 Å². The average molecular weight is 333 g/mol. The summed E-state index contributed by atoms with van der Waals surface area (Å²) >= 11 is 0.773. The van der Waals surface area contributed by atoms with Gasteiger partial charge in [-0.15, -0.1) is 11.3 Å². The van der Waals surface area contributed by atoms with E-state index < -0.39 is 16.0 Å². The number of carboxylic acid groups (broad SMARTS) is 1. The number of nitrogens with one attached hydrogen (secondary N) is 1. The maximum absolute atomic E-state index is 12.0. The van der Waals surface area contributed by atoms with Crippen LogP contribution < -0.4 is 4.72 Å². The molecule has 0 spiro atoms. The summed E-state index contributed by atoms with van der Waals surface area (Å²) in [4.78, 5) is 10.8. The van der Waals surface area contributed by atoms with Gasteiger partial charge in [0.25, 0.3) is 0 Å². The van der Waals surface area contributed by atoms with Crippen molar-refractivity contribution in [1.82, 2.24) is 4.72 Å². The number of carboxylic acids is 1. The second-order valence-electron chi connectivity index (χ2n) is 5.42. The fraction of sp³-hybridized carbons (Fsp3) is 0.643. The summed E-state index contributed by atoms with van der Waals surface area (Å²) in [6.45, 7) is 4.78. The number of unbranched alkanes of at least 4 members (excludes halogenated alkanes) is 3. The van der Waals surface area contributed by atoms with Crippen molar-refractivity contribution in [2.45, 2.75) is 50.2 Å². The van der Waals surface area contributed by atoms with Gasteiger partial charge in [0.15, 0.2) is 0 Å². The first-order chi connectivity index (χ1) is 9.83. The lowest BCUT2D eigenvalue weighted by atomic mass is 10.0. The Kier molecular flexibility index (Phi) is 7.34. The van der Waals surface area contributed by atoms with Crippen LogP contribution in [0.4, 0.5) is 0 Å². The van der Waals surface area contributed by atoms with Crippen LogP contribution in [0.25, 0.3) is 0 Å². The van der Waals surface area contributed by atoms with Gasteiger partial charge >= 0.3 is 5.97 Å². The molecule has 1 aromatic heterocycles. The lowest BCUT2D eigenvalue weighted by molar-refractivity contribution is 0.0702. The van der Waals surface area contributed by atoms with Gasteiger partial charge in [-0.05, 0) is 24.5 Å². The normalized spacial score (nSPS) is 12.0. The summed E-state index contributed by atoms with van der Waals surface area (Å²) < 4.78 is 26.5. The molecular formula is C14H23NO4S2. The van der Waals surface area contributed by atoms with Crippen molar-refractivity contribution in [3.8, 4) is 0 Å². The Labute approximate surface area is 130 Å². The lowest BCUT2D eigenvalue weighted by Gasteiger charge is -2.06. The van der Waals surface area contributed by atoms with Crippen molar-refractivity contribution < 1.29 is 18.3 Å². The Morgan fingerprint density at radius 3 is 2.48 bits per heavy atom. The highest BCUT2D eigenvalue weighted by Crippen LogP contribution is 2.21. The van der Waals surface area contributed by atoms with E-state index in [4.69, 9.17) is 5.11 Å². The molecule has 0 aliphatic carbocycles. The van der Waals surface area contributed by atoms with E-state index >= 15 is 0 Å². The van der Waals surface area contributed by atoms with Crippen LogP contribution in [-0.4, -0.2) is 26.0 Å². The molecule has 5 nitrogen and oxygen atoms in total. The minimum Gasteiger partial charge on any atom is -0.477 e. The molecule has 2 N–H and O–H groups in total. The van der Waals surface area contributed by atoms with Gasteiger partial charge in [0, 0.05) is 6.54 Å². The molecule has 0 aliphatic rings. The third-order valence-electron chi connectivity index (χ3n) is 3.06. The van der Waals surface area contributed by atoms with Crippen LogP contribution in [0.5, 0.6) is 0 Å². The smallest absolute Gasteiger partial charge is 0.345 e. The van der Waals surface area contributed by atoms with Crippen molar-refractivity contribution in [3.05, 3.63) is 17.0 Å². The van der Waals surface area contributed by atoms with Gasteiger partial charge in [-0.3, -0.25) is 0 Å². The molecule has 0 aromatic carbocycles. The van der Waals surface area contributed by atoms with Gasteiger partial charge in [-0.2, -0.15) is 0 Å². The zero-order valence-corrected chi connectivity index (χ0v) is 14.1. The highest BCUT2D eigenvalue weighted by atomic mass is 32.2. The number of hydrogen-bond donors (Lipinski definition) is 2. The molecule has 0 saturated heterocycles. The third kappa shape index (κ3) is 6.58. The highest BCUT2D eigenvalue weighted by molar-refractivity contribution is 7.91. The second kappa shape index (κ2) is 8.51. The molecule has 21 heavy (non-hydrogen) atoms. The molecule has 1 heterocycles. The van der Waals surface area contributed by atoms with Crippen molar-refractivity contribution in [3.63, 3.8) is 0 Å². The molecule has 0 radical (unpaired) electrons. The second-order valence-corrected chi connectivity index (χ2v) is 8.50. The zero-order chi connectivity index (χ0) is 15.9. The summed E-state index contributed by atoms with van der Waals surface area (Å²) in [6.07, 6.45) is 5.30. The number of rotatable bonds is 10. The van der Waals surface area contributed by atoms with E-state index in [1.165, 1.54) is 25.0 Å². The van der Waals surface area contributed by atoms with Gasteiger partial charge in [0.05, 0.1) is 0 Å². The summed E-state index contributed by atoms with van der Waals surface area (Å²) in [7, 11) is -3.57. The molecule has 0 aliphatic heterocycles. The van der Waals surface area contributed by atoms with E-state index in [0.717, 1.165) is 30.6 Å².